The summed E-state index contributed by atoms with van der Waals surface area (Å²) in [5.41, 5.74) is 2.27. The SMILES string of the molecule is C[C@H]1CN([C@@H](C)CO)C(=O)c2cc(C#Cc3cccc(F)c3)cnc2O[C@H]1CN(C)Cc1ccccn1. The fraction of sp³-hybridized carbons (Fsp3) is 0.345. The molecule has 1 aromatic carbocycles. The maximum Gasteiger partial charge on any atom is 0.259 e. The number of hydrogen-bond acceptors (Lipinski definition) is 6. The number of ether oxygens (including phenoxy) is 1. The number of rotatable bonds is 6. The van der Waals surface area contributed by atoms with Gasteiger partial charge in [-0.2, -0.15) is 0 Å². The summed E-state index contributed by atoms with van der Waals surface area (Å²) in [4.78, 5) is 26.2. The van der Waals surface area contributed by atoms with Gasteiger partial charge in [-0.3, -0.25) is 14.7 Å². The molecule has 0 aliphatic carbocycles. The molecule has 3 heterocycles. The number of fused-ring (bicyclic) bond motifs is 1. The van der Waals surface area contributed by atoms with Crippen LogP contribution in [0.2, 0.25) is 0 Å². The van der Waals surface area contributed by atoms with Crippen LogP contribution in [-0.2, 0) is 6.54 Å². The van der Waals surface area contributed by atoms with E-state index in [2.05, 4.69) is 26.7 Å². The Morgan fingerprint density at radius 3 is 2.73 bits per heavy atom. The second-order valence-corrected chi connectivity index (χ2v) is 9.48. The minimum Gasteiger partial charge on any atom is -0.472 e. The first-order chi connectivity index (χ1) is 17.8. The molecular weight excluding hydrogens is 471 g/mol. The van der Waals surface area contributed by atoms with Crippen LogP contribution in [-0.4, -0.2) is 69.7 Å². The summed E-state index contributed by atoms with van der Waals surface area (Å²) in [6.45, 7) is 5.35. The molecule has 0 unspecified atom stereocenters. The van der Waals surface area contributed by atoms with Crippen LogP contribution in [0.5, 0.6) is 5.88 Å². The van der Waals surface area contributed by atoms with Gasteiger partial charge in [0.25, 0.3) is 5.91 Å². The van der Waals surface area contributed by atoms with Crippen molar-refractivity contribution in [3.05, 3.63) is 89.1 Å². The number of likely N-dealkylation sites (N-methyl/N-ethyl adjacent to an activating group) is 1. The van der Waals surface area contributed by atoms with Crippen molar-refractivity contribution in [3.63, 3.8) is 0 Å². The van der Waals surface area contributed by atoms with Gasteiger partial charge in [-0.25, -0.2) is 9.37 Å². The van der Waals surface area contributed by atoms with E-state index in [1.807, 2.05) is 39.1 Å². The van der Waals surface area contributed by atoms with E-state index in [1.54, 1.807) is 35.5 Å². The van der Waals surface area contributed by atoms with E-state index in [0.29, 0.717) is 30.8 Å². The van der Waals surface area contributed by atoms with Gasteiger partial charge in [-0.05, 0) is 50.4 Å². The fourth-order valence-corrected chi connectivity index (χ4v) is 4.24. The number of amides is 1. The summed E-state index contributed by atoms with van der Waals surface area (Å²) in [6.07, 6.45) is 3.07. The molecule has 1 aliphatic heterocycles. The smallest absolute Gasteiger partial charge is 0.259 e. The Morgan fingerprint density at radius 2 is 2.00 bits per heavy atom. The minimum absolute atomic E-state index is 0.0217. The molecule has 8 heteroatoms. The highest BCUT2D eigenvalue weighted by Gasteiger charge is 2.34. The molecule has 0 bridgehead atoms. The number of aromatic nitrogens is 2. The molecule has 0 saturated carbocycles. The molecule has 2 aromatic heterocycles. The van der Waals surface area contributed by atoms with Crippen molar-refractivity contribution in [2.45, 2.75) is 32.5 Å². The summed E-state index contributed by atoms with van der Waals surface area (Å²) >= 11 is 0. The first kappa shape index (κ1) is 26.3. The summed E-state index contributed by atoms with van der Waals surface area (Å²) < 4.78 is 19.9. The lowest BCUT2D eigenvalue weighted by Gasteiger charge is -2.37. The van der Waals surface area contributed by atoms with E-state index in [1.165, 1.54) is 12.1 Å². The lowest BCUT2D eigenvalue weighted by atomic mass is 10.00. The average Bonchev–Trinajstić information content (AvgIpc) is 2.89. The van der Waals surface area contributed by atoms with Crippen molar-refractivity contribution in [1.82, 2.24) is 19.8 Å². The molecule has 3 atom stereocenters. The van der Waals surface area contributed by atoms with Crippen LogP contribution in [0.25, 0.3) is 0 Å². The highest BCUT2D eigenvalue weighted by molar-refractivity contribution is 5.97. The largest absolute Gasteiger partial charge is 0.472 e. The number of halogens is 1. The van der Waals surface area contributed by atoms with Crippen molar-refractivity contribution in [3.8, 4) is 17.7 Å². The van der Waals surface area contributed by atoms with Crippen LogP contribution in [0.15, 0.2) is 60.9 Å². The second-order valence-electron chi connectivity index (χ2n) is 9.48. The molecule has 7 nitrogen and oxygen atoms in total. The Morgan fingerprint density at radius 1 is 1.19 bits per heavy atom. The van der Waals surface area contributed by atoms with Gasteiger partial charge in [-0.1, -0.05) is 30.9 Å². The quantitative estimate of drug-likeness (QED) is 0.521. The third-order valence-electron chi connectivity index (χ3n) is 6.35. The van der Waals surface area contributed by atoms with E-state index in [4.69, 9.17) is 4.74 Å². The monoisotopic (exact) mass is 502 g/mol. The van der Waals surface area contributed by atoms with Crippen molar-refractivity contribution >= 4 is 5.91 Å². The molecule has 37 heavy (non-hydrogen) atoms. The van der Waals surface area contributed by atoms with Crippen molar-refractivity contribution in [2.24, 2.45) is 5.92 Å². The predicted octanol–water partition coefficient (Wildman–Crippen LogP) is 3.37. The number of pyridine rings is 2. The molecular formula is C29H31FN4O3. The third kappa shape index (κ3) is 6.70. The minimum atomic E-state index is -0.380. The van der Waals surface area contributed by atoms with Gasteiger partial charge in [0, 0.05) is 49.1 Å². The number of carbonyl (C=O) groups is 1. The van der Waals surface area contributed by atoms with Crippen LogP contribution in [0, 0.1) is 23.6 Å². The summed E-state index contributed by atoms with van der Waals surface area (Å²) in [5, 5.41) is 9.85. The molecule has 1 N–H and O–H groups in total. The predicted molar refractivity (Wildman–Crippen MR) is 138 cm³/mol. The summed E-state index contributed by atoms with van der Waals surface area (Å²) in [6, 6.07) is 13.1. The van der Waals surface area contributed by atoms with Crippen molar-refractivity contribution in [1.29, 1.82) is 0 Å². The number of nitrogens with zero attached hydrogens (tertiary/aromatic N) is 4. The van der Waals surface area contributed by atoms with Gasteiger partial charge >= 0.3 is 0 Å². The lowest BCUT2D eigenvalue weighted by molar-refractivity contribution is 0.0324. The Bertz CT molecular complexity index is 1290. The Kier molecular flexibility index (Phi) is 8.49. The van der Waals surface area contributed by atoms with E-state index in [9.17, 15) is 14.3 Å². The first-order valence-corrected chi connectivity index (χ1v) is 12.3. The lowest BCUT2D eigenvalue weighted by Crippen LogP contribution is -2.49. The van der Waals surface area contributed by atoms with Crippen molar-refractivity contribution in [2.75, 3.05) is 26.7 Å². The second kappa shape index (κ2) is 12.0. The summed E-state index contributed by atoms with van der Waals surface area (Å²) in [7, 11) is 2.00. The standard InChI is InChI=1S/C29H31FN4O3/c1-20-16-34(21(2)19-35)29(36)26-14-23(11-10-22-7-6-8-24(30)13-22)15-32-28(26)37-27(20)18-33(3)17-25-9-4-5-12-31-25/h4-9,12-15,20-21,27,35H,16-19H2,1-3H3/t20-,21-,27-/m0/s1. The zero-order valence-electron chi connectivity index (χ0n) is 21.3. The molecule has 0 saturated heterocycles. The Hall–Kier alpha value is -3.80. The van der Waals surface area contributed by atoms with Crippen LogP contribution in [0.4, 0.5) is 4.39 Å². The maximum atomic E-state index is 13.6. The fourth-order valence-electron chi connectivity index (χ4n) is 4.24. The average molecular weight is 503 g/mol. The van der Waals surface area contributed by atoms with Gasteiger partial charge in [0.05, 0.1) is 18.3 Å². The zero-order valence-corrected chi connectivity index (χ0v) is 21.3. The van der Waals surface area contributed by atoms with E-state index < -0.39 is 0 Å². The van der Waals surface area contributed by atoms with E-state index in [0.717, 1.165) is 5.69 Å². The molecule has 1 amide bonds. The number of aliphatic hydroxyl groups excluding tert-OH is 1. The maximum absolute atomic E-state index is 13.6. The number of hydrogen-bond donors (Lipinski definition) is 1. The summed E-state index contributed by atoms with van der Waals surface area (Å²) in [5.74, 6) is 5.45. The highest BCUT2D eigenvalue weighted by Crippen LogP contribution is 2.27. The van der Waals surface area contributed by atoms with Crippen molar-refractivity contribution < 1.29 is 19.0 Å². The van der Waals surface area contributed by atoms with Gasteiger partial charge < -0.3 is 14.7 Å². The Balaban J connectivity index is 1.63. The van der Waals surface area contributed by atoms with Gasteiger partial charge in [0.2, 0.25) is 5.88 Å². The zero-order chi connectivity index (χ0) is 26.4. The molecule has 0 spiro atoms. The molecule has 0 fully saturated rings. The van der Waals surface area contributed by atoms with Gasteiger partial charge in [-0.15, -0.1) is 0 Å². The molecule has 4 rings (SSSR count). The number of carbonyl (C=O) groups excluding carboxylic acids is 1. The first-order valence-electron chi connectivity index (χ1n) is 12.3. The molecule has 0 radical (unpaired) electrons. The van der Waals surface area contributed by atoms with E-state index >= 15 is 0 Å². The van der Waals surface area contributed by atoms with E-state index in [-0.39, 0.29) is 47.8 Å². The topological polar surface area (TPSA) is 78.8 Å². The Labute approximate surface area is 216 Å². The number of aliphatic hydroxyl groups is 1. The van der Waals surface area contributed by atoms with Crippen LogP contribution >= 0.6 is 0 Å². The molecule has 1 aliphatic rings. The molecule has 192 valence electrons. The van der Waals surface area contributed by atoms with Crippen LogP contribution < -0.4 is 4.74 Å². The molecule has 3 aromatic rings. The normalized spacial score (nSPS) is 18.2. The highest BCUT2D eigenvalue weighted by atomic mass is 19.1. The number of benzene rings is 1. The third-order valence-corrected chi connectivity index (χ3v) is 6.35. The van der Waals surface area contributed by atoms with Crippen LogP contribution in [0.1, 0.15) is 41.0 Å². The van der Waals surface area contributed by atoms with Gasteiger partial charge in [0.15, 0.2) is 0 Å². The van der Waals surface area contributed by atoms with Crippen LogP contribution in [0.3, 0.4) is 0 Å². The van der Waals surface area contributed by atoms with Gasteiger partial charge in [0.1, 0.15) is 17.5 Å².